The van der Waals surface area contributed by atoms with Crippen LogP contribution in [0.2, 0.25) is 0 Å². The Morgan fingerprint density at radius 2 is 0.806 bits per heavy atom. The van der Waals surface area contributed by atoms with E-state index in [0.717, 1.165) is 47.9 Å². The first-order valence-electron chi connectivity index (χ1n) is 12.6. The van der Waals surface area contributed by atoms with Crippen molar-refractivity contribution < 1.29 is 9.59 Å². The lowest BCUT2D eigenvalue weighted by Gasteiger charge is -2.33. The molecular formula is C32H30N2O2. The summed E-state index contributed by atoms with van der Waals surface area (Å²) in [6.45, 7) is 0. The van der Waals surface area contributed by atoms with Gasteiger partial charge in [0.05, 0.1) is 0 Å². The molecule has 2 atom stereocenters. The van der Waals surface area contributed by atoms with Gasteiger partial charge >= 0.3 is 0 Å². The zero-order valence-corrected chi connectivity index (χ0v) is 20.2. The first-order valence-corrected chi connectivity index (χ1v) is 12.6. The third-order valence-corrected chi connectivity index (χ3v) is 6.91. The third kappa shape index (κ3) is 5.55. The standard InChI is InChI=1S/C32H30N2O2/c35-31(27-19-15-25(16-20-27)23-9-3-1-4-10-23)33-29-13-7-8-14-30(29)34-32(36)28-21-17-26(18-22-28)24-11-5-2-6-12-24/h1-6,9-12,15-22,29-30H,7-8,13-14H2,(H,33,35)(H,34,36)/t29-,30-/m0/s1. The quantitative estimate of drug-likeness (QED) is 0.335. The Balaban J connectivity index is 1.22. The van der Waals surface area contributed by atoms with Gasteiger partial charge in [0, 0.05) is 23.2 Å². The van der Waals surface area contributed by atoms with Gasteiger partial charge in [0.2, 0.25) is 0 Å². The molecule has 0 aromatic heterocycles. The van der Waals surface area contributed by atoms with Gasteiger partial charge in [-0.05, 0) is 59.4 Å². The minimum atomic E-state index is -0.104. The maximum absolute atomic E-state index is 13.0. The van der Waals surface area contributed by atoms with Gasteiger partial charge in [0.25, 0.3) is 11.8 Å². The summed E-state index contributed by atoms with van der Waals surface area (Å²) in [6.07, 6.45) is 3.78. The van der Waals surface area contributed by atoms with Crippen molar-refractivity contribution in [3.8, 4) is 22.3 Å². The zero-order chi connectivity index (χ0) is 24.7. The Bertz CT molecular complexity index is 1200. The van der Waals surface area contributed by atoms with Gasteiger partial charge in [-0.1, -0.05) is 97.8 Å². The molecular weight excluding hydrogens is 444 g/mol. The maximum atomic E-state index is 13.0. The van der Waals surface area contributed by atoms with Crippen molar-refractivity contribution in [3.63, 3.8) is 0 Å². The molecule has 1 saturated carbocycles. The molecule has 2 N–H and O–H groups in total. The molecule has 0 unspecified atom stereocenters. The average Bonchev–Trinajstić information content (AvgIpc) is 2.95. The Morgan fingerprint density at radius 3 is 1.17 bits per heavy atom. The molecule has 4 heteroatoms. The molecule has 0 bridgehead atoms. The Hall–Kier alpha value is -4.18. The fourth-order valence-electron chi connectivity index (χ4n) is 4.87. The number of hydrogen-bond donors (Lipinski definition) is 2. The van der Waals surface area contributed by atoms with E-state index in [4.69, 9.17) is 0 Å². The predicted molar refractivity (Wildman–Crippen MR) is 145 cm³/mol. The fourth-order valence-corrected chi connectivity index (χ4v) is 4.87. The summed E-state index contributed by atoms with van der Waals surface area (Å²) in [5.74, 6) is -0.207. The van der Waals surface area contributed by atoms with Gasteiger partial charge < -0.3 is 10.6 Å². The van der Waals surface area contributed by atoms with E-state index < -0.39 is 0 Å². The average molecular weight is 475 g/mol. The van der Waals surface area contributed by atoms with E-state index in [9.17, 15) is 9.59 Å². The van der Waals surface area contributed by atoms with Crippen LogP contribution in [0.15, 0.2) is 109 Å². The molecule has 0 heterocycles. The van der Waals surface area contributed by atoms with Crippen LogP contribution >= 0.6 is 0 Å². The number of amides is 2. The molecule has 4 aromatic rings. The molecule has 4 nitrogen and oxygen atoms in total. The molecule has 1 aliphatic rings. The largest absolute Gasteiger partial charge is 0.347 e. The zero-order valence-electron chi connectivity index (χ0n) is 20.2. The summed E-state index contributed by atoms with van der Waals surface area (Å²) in [5, 5.41) is 6.36. The molecule has 0 saturated heterocycles. The van der Waals surface area contributed by atoms with Crippen LogP contribution in [-0.4, -0.2) is 23.9 Å². The smallest absolute Gasteiger partial charge is 0.251 e. The molecule has 4 aromatic carbocycles. The topological polar surface area (TPSA) is 58.2 Å². The number of hydrogen-bond acceptors (Lipinski definition) is 2. The van der Waals surface area contributed by atoms with E-state index >= 15 is 0 Å². The lowest BCUT2D eigenvalue weighted by Crippen LogP contribution is -2.53. The minimum absolute atomic E-state index is 0.0902. The highest BCUT2D eigenvalue weighted by Crippen LogP contribution is 2.23. The van der Waals surface area contributed by atoms with Crippen LogP contribution in [-0.2, 0) is 0 Å². The Kier molecular flexibility index (Phi) is 7.23. The molecule has 180 valence electrons. The number of benzene rings is 4. The van der Waals surface area contributed by atoms with Crippen molar-refractivity contribution in [1.29, 1.82) is 0 Å². The molecule has 5 rings (SSSR count). The number of carbonyl (C=O) groups is 2. The van der Waals surface area contributed by atoms with E-state index in [1.54, 1.807) is 0 Å². The molecule has 0 radical (unpaired) electrons. The highest BCUT2D eigenvalue weighted by atomic mass is 16.2. The predicted octanol–water partition coefficient (Wildman–Crippen LogP) is 6.49. The van der Waals surface area contributed by atoms with Crippen LogP contribution in [0.3, 0.4) is 0 Å². The minimum Gasteiger partial charge on any atom is -0.347 e. The van der Waals surface area contributed by atoms with Gasteiger partial charge in [-0.3, -0.25) is 9.59 Å². The summed E-state index contributed by atoms with van der Waals surface area (Å²) >= 11 is 0. The summed E-state index contributed by atoms with van der Waals surface area (Å²) < 4.78 is 0. The highest BCUT2D eigenvalue weighted by Gasteiger charge is 2.28. The van der Waals surface area contributed by atoms with Crippen molar-refractivity contribution >= 4 is 11.8 Å². The van der Waals surface area contributed by atoms with Crippen LogP contribution in [0.25, 0.3) is 22.3 Å². The molecule has 1 fully saturated rings. The first kappa shape index (κ1) is 23.6. The van der Waals surface area contributed by atoms with Crippen LogP contribution in [0, 0.1) is 0 Å². The van der Waals surface area contributed by atoms with Gasteiger partial charge in [-0.15, -0.1) is 0 Å². The van der Waals surface area contributed by atoms with Crippen molar-refractivity contribution in [3.05, 3.63) is 120 Å². The van der Waals surface area contributed by atoms with E-state index in [-0.39, 0.29) is 23.9 Å². The molecule has 2 amide bonds. The van der Waals surface area contributed by atoms with Crippen LogP contribution in [0.4, 0.5) is 0 Å². The summed E-state index contributed by atoms with van der Waals surface area (Å²) in [6, 6.07) is 35.4. The van der Waals surface area contributed by atoms with Crippen LogP contribution in [0.5, 0.6) is 0 Å². The van der Waals surface area contributed by atoms with E-state index in [1.807, 2.05) is 84.9 Å². The number of carbonyl (C=O) groups excluding carboxylic acids is 2. The van der Waals surface area contributed by atoms with Crippen LogP contribution < -0.4 is 10.6 Å². The van der Waals surface area contributed by atoms with Crippen LogP contribution in [0.1, 0.15) is 46.4 Å². The second-order valence-electron chi connectivity index (χ2n) is 9.33. The van der Waals surface area contributed by atoms with Gasteiger partial charge in [-0.25, -0.2) is 0 Å². The van der Waals surface area contributed by atoms with Crippen molar-refractivity contribution in [2.45, 2.75) is 37.8 Å². The first-order chi connectivity index (χ1) is 17.7. The summed E-state index contributed by atoms with van der Waals surface area (Å²) in [5.41, 5.74) is 5.65. The molecule has 0 aliphatic heterocycles. The molecule has 36 heavy (non-hydrogen) atoms. The molecule has 1 aliphatic carbocycles. The number of nitrogens with one attached hydrogen (secondary N) is 2. The van der Waals surface area contributed by atoms with E-state index in [0.29, 0.717) is 11.1 Å². The fraction of sp³-hybridized carbons (Fsp3) is 0.188. The maximum Gasteiger partial charge on any atom is 0.251 e. The highest BCUT2D eigenvalue weighted by molar-refractivity contribution is 5.96. The lowest BCUT2D eigenvalue weighted by atomic mass is 9.89. The monoisotopic (exact) mass is 474 g/mol. The van der Waals surface area contributed by atoms with Gasteiger partial charge in [0.1, 0.15) is 0 Å². The Labute approximate surface area is 212 Å². The van der Waals surface area contributed by atoms with Crippen molar-refractivity contribution in [1.82, 2.24) is 10.6 Å². The normalized spacial score (nSPS) is 17.2. The third-order valence-electron chi connectivity index (χ3n) is 6.91. The van der Waals surface area contributed by atoms with Gasteiger partial charge in [0.15, 0.2) is 0 Å². The SMILES string of the molecule is O=C(N[C@H]1CCCC[C@@H]1NC(=O)c1ccc(-c2ccccc2)cc1)c1ccc(-c2ccccc2)cc1. The summed E-state index contributed by atoms with van der Waals surface area (Å²) in [7, 11) is 0. The summed E-state index contributed by atoms with van der Waals surface area (Å²) in [4.78, 5) is 26.0. The van der Waals surface area contributed by atoms with E-state index in [1.165, 1.54) is 0 Å². The second-order valence-corrected chi connectivity index (χ2v) is 9.33. The lowest BCUT2D eigenvalue weighted by molar-refractivity contribution is 0.0863. The van der Waals surface area contributed by atoms with Gasteiger partial charge in [-0.2, -0.15) is 0 Å². The molecule has 0 spiro atoms. The Morgan fingerprint density at radius 1 is 0.472 bits per heavy atom. The van der Waals surface area contributed by atoms with E-state index in [2.05, 4.69) is 34.9 Å². The van der Waals surface area contributed by atoms with Crippen molar-refractivity contribution in [2.24, 2.45) is 0 Å². The van der Waals surface area contributed by atoms with Crippen molar-refractivity contribution in [2.75, 3.05) is 0 Å². The second kappa shape index (κ2) is 11.0. The number of rotatable bonds is 6.